The van der Waals surface area contributed by atoms with Crippen molar-refractivity contribution in [3.63, 3.8) is 0 Å². The summed E-state index contributed by atoms with van der Waals surface area (Å²) in [6.07, 6.45) is 1.39. The molecule has 0 spiro atoms. The van der Waals surface area contributed by atoms with E-state index in [-0.39, 0.29) is 6.42 Å². The second-order valence-electron chi connectivity index (χ2n) is 3.60. The highest BCUT2D eigenvalue weighted by Crippen LogP contribution is 2.24. The van der Waals surface area contributed by atoms with E-state index in [9.17, 15) is 4.79 Å². The molecule has 0 unspecified atom stereocenters. The number of carboxylic acid groups (broad SMARTS) is 1. The molecule has 0 fully saturated rings. The second-order valence-corrected chi connectivity index (χ2v) is 3.60. The van der Waals surface area contributed by atoms with Crippen molar-refractivity contribution in [3.8, 4) is 11.1 Å². The van der Waals surface area contributed by atoms with Gasteiger partial charge in [0.05, 0.1) is 6.20 Å². The Kier molecular flexibility index (Phi) is 2.72. The van der Waals surface area contributed by atoms with Gasteiger partial charge in [-0.05, 0) is 12.5 Å². The summed E-state index contributed by atoms with van der Waals surface area (Å²) in [5.74, 6) is -0.540. The average Bonchev–Trinajstić information content (AvgIpc) is 2.66. The highest BCUT2D eigenvalue weighted by atomic mass is 16.5. The Labute approximate surface area is 92.5 Å². The summed E-state index contributed by atoms with van der Waals surface area (Å²) in [4.78, 5) is 10.6. The lowest BCUT2D eigenvalue weighted by Crippen LogP contribution is -1.99. The molecule has 0 atom stereocenters. The van der Waals surface area contributed by atoms with Gasteiger partial charge in [0, 0.05) is 5.56 Å². The smallest absolute Gasteiger partial charge is 0.311 e. The first kappa shape index (κ1) is 10.4. The highest BCUT2D eigenvalue weighted by molar-refractivity contribution is 5.74. The number of carboxylic acids is 1. The maximum absolute atomic E-state index is 10.6. The lowest BCUT2D eigenvalue weighted by Gasteiger charge is -1.99. The van der Waals surface area contributed by atoms with Crippen LogP contribution in [0.3, 0.4) is 0 Å². The molecule has 0 aliphatic heterocycles. The Bertz CT molecular complexity index is 499. The molecule has 4 nitrogen and oxygen atoms in total. The number of carbonyl (C=O) groups is 1. The summed E-state index contributed by atoms with van der Waals surface area (Å²) in [5, 5.41) is 12.3. The van der Waals surface area contributed by atoms with Crippen LogP contribution < -0.4 is 0 Å². The van der Waals surface area contributed by atoms with Crippen LogP contribution in [0.4, 0.5) is 0 Å². The minimum absolute atomic E-state index is 0.150. The Morgan fingerprint density at radius 3 is 2.69 bits per heavy atom. The number of aromatic nitrogens is 1. The normalized spacial score (nSPS) is 10.3. The van der Waals surface area contributed by atoms with Crippen LogP contribution in [-0.2, 0) is 11.2 Å². The molecule has 2 aromatic rings. The van der Waals surface area contributed by atoms with Crippen LogP contribution in [0.25, 0.3) is 11.1 Å². The Morgan fingerprint density at radius 1 is 1.38 bits per heavy atom. The molecule has 0 saturated carbocycles. The Balaban J connectivity index is 2.36. The van der Waals surface area contributed by atoms with Gasteiger partial charge in [0.25, 0.3) is 0 Å². The zero-order valence-electron chi connectivity index (χ0n) is 8.80. The van der Waals surface area contributed by atoms with Gasteiger partial charge in [-0.2, -0.15) is 0 Å². The molecule has 82 valence electrons. The van der Waals surface area contributed by atoms with Crippen LogP contribution >= 0.6 is 0 Å². The standard InChI is InChI=1S/C12H11NO3/c1-8-2-4-9(5-3-8)10-7-13-16-11(10)6-12(14)15/h2-5,7H,6H2,1H3,(H,14,15). The van der Waals surface area contributed by atoms with E-state index in [4.69, 9.17) is 9.63 Å². The van der Waals surface area contributed by atoms with E-state index in [1.54, 1.807) is 6.20 Å². The van der Waals surface area contributed by atoms with Gasteiger partial charge in [0.2, 0.25) is 0 Å². The predicted octanol–water partition coefficient (Wildman–Crippen LogP) is 2.28. The highest BCUT2D eigenvalue weighted by Gasteiger charge is 2.13. The SMILES string of the molecule is Cc1ccc(-c2cnoc2CC(=O)O)cc1. The van der Waals surface area contributed by atoms with Gasteiger partial charge in [-0.1, -0.05) is 35.0 Å². The average molecular weight is 217 g/mol. The quantitative estimate of drug-likeness (QED) is 0.856. The summed E-state index contributed by atoms with van der Waals surface area (Å²) in [6.45, 7) is 2.00. The number of benzene rings is 1. The van der Waals surface area contributed by atoms with Gasteiger partial charge in [-0.15, -0.1) is 0 Å². The molecule has 0 aliphatic carbocycles. The van der Waals surface area contributed by atoms with E-state index >= 15 is 0 Å². The third-order valence-corrected chi connectivity index (χ3v) is 2.32. The number of aliphatic carboxylic acids is 1. The van der Waals surface area contributed by atoms with Crippen molar-refractivity contribution in [1.82, 2.24) is 5.16 Å². The molecule has 2 rings (SSSR count). The molecule has 0 radical (unpaired) electrons. The van der Waals surface area contributed by atoms with Crippen LogP contribution in [0, 0.1) is 6.92 Å². The minimum atomic E-state index is -0.926. The van der Waals surface area contributed by atoms with Crippen molar-refractivity contribution in [2.45, 2.75) is 13.3 Å². The van der Waals surface area contributed by atoms with Crippen molar-refractivity contribution in [1.29, 1.82) is 0 Å². The molecule has 16 heavy (non-hydrogen) atoms. The Morgan fingerprint density at radius 2 is 2.06 bits per heavy atom. The monoisotopic (exact) mass is 217 g/mol. The third kappa shape index (κ3) is 2.11. The lowest BCUT2D eigenvalue weighted by atomic mass is 10.0. The van der Waals surface area contributed by atoms with E-state index in [0.717, 1.165) is 16.7 Å². The van der Waals surface area contributed by atoms with Gasteiger partial charge in [0.15, 0.2) is 5.76 Å². The van der Waals surface area contributed by atoms with E-state index in [2.05, 4.69) is 5.16 Å². The van der Waals surface area contributed by atoms with E-state index in [1.807, 2.05) is 31.2 Å². The number of nitrogens with zero attached hydrogens (tertiary/aromatic N) is 1. The first-order chi connectivity index (χ1) is 7.66. The summed E-state index contributed by atoms with van der Waals surface area (Å²) in [7, 11) is 0. The fourth-order valence-corrected chi connectivity index (χ4v) is 1.50. The fourth-order valence-electron chi connectivity index (χ4n) is 1.50. The van der Waals surface area contributed by atoms with Gasteiger partial charge >= 0.3 is 5.97 Å². The maximum Gasteiger partial charge on any atom is 0.311 e. The summed E-state index contributed by atoms with van der Waals surface area (Å²) >= 11 is 0. The molecule has 1 aromatic heterocycles. The van der Waals surface area contributed by atoms with Crippen LogP contribution in [0.15, 0.2) is 35.0 Å². The lowest BCUT2D eigenvalue weighted by molar-refractivity contribution is -0.136. The maximum atomic E-state index is 10.6. The largest absolute Gasteiger partial charge is 0.481 e. The number of rotatable bonds is 3. The zero-order valence-corrected chi connectivity index (χ0v) is 8.80. The summed E-state index contributed by atoms with van der Waals surface area (Å²) in [5.41, 5.74) is 2.81. The number of aryl methyl sites for hydroxylation is 1. The second kappa shape index (κ2) is 4.18. The molecule has 0 aliphatic rings. The van der Waals surface area contributed by atoms with Crippen LogP contribution in [0.2, 0.25) is 0 Å². The van der Waals surface area contributed by atoms with Crippen LogP contribution in [0.1, 0.15) is 11.3 Å². The molecular formula is C12H11NO3. The molecule has 0 saturated heterocycles. The van der Waals surface area contributed by atoms with Crippen molar-refractivity contribution >= 4 is 5.97 Å². The van der Waals surface area contributed by atoms with Gasteiger partial charge in [-0.3, -0.25) is 4.79 Å². The molecule has 1 aromatic carbocycles. The predicted molar refractivity (Wildman–Crippen MR) is 58.0 cm³/mol. The van der Waals surface area contributed by atoms with Gasteiger partial charge < -0.3 is 9.63 Å². The number of hydrogen-bond acceptors (Lipinski definition) is 3. The fraction of sp³-hybridized carbons (Fsp3) is 0.167. The van der Waals surface area contributed by atoms with E-state index in [1.165, 1.54) is 0 Å². The van der Waals surface area contributed by atoms with Crippen molar-refractivity contribution < 1.29 is 14.4 Å². The zero-order chi connectivity index (χ0) is 11.5. The molecule has 1 N–H and O–H groups in total. The third-order valence-electron chi connectivity index (χ3n) is 2.32. The van der Waals surface area contributed by atoms with Crippen LogP contribution in [-0.4, -0.2) is 16.2 Å². The number of hydrogen-bond donors (Lipinski definition) is 1. The van der Waals surface area contributed by atoms with Crippen molar-refractivity contribution in [2.75, 3.05) is 0 Å². The van der Waals surface area contributed by atoms with Crippen molar-refractivity contribution in [2.24, 2.45) is 0 Å². The minimum Gasteiger partial charge on any atom is -0.481 e. The summed E-state index contributed by atoms with van der Waals surface area (Å²) < 4.78 is 4.93. The molecule has 4 heteroatoms. The molecule has 1 heterocycles. The molecule has 0 amide bonds. The van der Waals surface area contributed by atoms with Crippen LogP contribution in [0.5, 0.6) is 0 Å². The van der Waals surface area contributed by atoms with Crippen molar-refractivity contribution in [3.05, 3.63) is 41.8 Å². The molecule has 0 bridgehead atoms. The Hall–Kier alpha value is -2.10. The van der Waals surface area contributed by atoms with E-state index < -0.39 is 5.97 Å². The van der Waals surface area contributed by atoms with E-state index in [0.29, 0.717) is 5.76 Å². The molecular weight excluding hydrogens is 206 g/mol. The van der Waals surface area contributed by atoms with Gasteiger partial charge in [0.1, 0.15) is 6.42 Å². The first-order valence-corrected chi connectivity index (χ1v) is 4.89. The topological polar surface area (TPSA) is 63.3 Å². The first-order valence-electron chi connectivity index (χ1n) is 4.89. The summed E-state index contributed by atoms with van der Waals surface area (Å²) in [6, 6.07) is 7.78. The van der Waals surface area contributed by atoms with Gasteiger partial charge in [-0.25, -0.2) is 0 Å².